The molecule has 0 aromatic heterocycles. The van der Waals surface area contributed by atoms with Crippen LogP contribution in [0.1, 0.15) is 30.9 Å². The van der Waals surface area contributed by atoms with Crippen molar-refractivity contribution >= 4 is 28.9 Å². The van der Waals surface area contributed by atoms with Gasteiger partial charge >= 0.3 is 0 Å². The lowest BCUT2D eigenvalue weighted by atomic mass is 10.0. The van der Waals surface area contributed by atoms with E-state index in [1.807, 2.05) is 32.9 Å². The number of hydrogen-bond acceptors (Lipinski definition) is 1. The summed E-state index contributed by atoms with van der Waals surface area (Å²) in [5, 5.41) is 8.48. The summed E-state index contributed by atoms with van der Waals surface area (Å²) in [6.45, 7) is 5.84. The molecule has 1 aliphatic carbocycles. The topological polar surface area (TPSA) is 23.9 Å². The Morgan fingerprint density at radius 3 is 2.44 bits per heavy atom. The van der Waals surface area contributed by atoms with Gasteiger partial charge in [-0.25, -0.2) is 0 Å². The van der Waals surface area contributed by atoms with E-state index < -0.39 is 0 Å². The molecule has 86 valence electrons. The number of nitrogens with one attached hydrogen (secondary N) is 1. The van der Waals surface area contributed by atoms with Gasteiger partial charge in [-0.2, -0.15) is 0 Å². The van der Waals surface area contributed by atoms with E-state index in [9.17, 15) is 0 Å². The van der Waals surface area contributed by atoms with Crippen molar-refractivity contribution in [2.24, 2.45) is 5.92 Å². The molecule has 1 N–H and O–H groups in total. The Hall–Kier alpha value is -0.530. The zero-order valence-corrected chi connectivity index (χ0v) is 11.2. The lowest BCUT2D eigenvalue weighted by Crippen LogP contribution is -2.01. The average Bonchev–Trinajstić information content (AvgIpc) is 2.67. The molecule has 1 aromatic carbocycles. The van der Waals surface area contributed by atoms with Crippen LogP contribution >= 0.6 is 23.2 Å². The predicted molar refractivity (Wildman–Crippen MR) is 70.1 cm³/mol. The van der Waals surface area contributed by atoms with Crippen LogP contribution in [0.4, 0.5) is 0 Å². The van der Waals surface area contributed by atoms with E-state index in [2.05, 4.69) is 6.07 Å². The van der Waals surface area contributed by atoms with Crippen LogP contribution in [-0.2, 0) is 0 Å². The van der Waals surface area contributed by atoms with Crippen LogP contribution in [0.15, 0.2) is 18.2 Å². The highest BCUT2D eigenvalue weighted by atomic mass is 35.5. The molecule has 0 saturated heterocycles. The van der Waals surface area contributed by atoms with Crippen molar-refractivity contribution in [3.63, 3.8) is 0 Å². The number of rotatable bonds is 2. The van der Waals surface area contributed by atoms with Crippen LogP contribution in [0, 0.1) is 18.3 Å². The van der Waals surface area contributed by atoms with Gasteiger partial charge in [-0.05, 0) is 44.0 Å². The first-order valence-corrected chi connectivity index (χ1v) is 6.10. The maximum absolute atomic E-state index is 7.74. The normalized spacial score (nSPS) is 32.6. The lowest BCUT2D eigenvalue weighted by Gasteiger charge is -2.04. The fourth-order valence-electron chi connectivity index (χ4n) is 2.62. The minimum absolute atomic E-state index is 0.145. The lowest BCUT2D eigenvalue weighted by molar-refractivity contribution is 0.944. The van der Waals surface area contributed by atoms with Gasteiger partial charge in [-0.1, -0.05) is 17.7 Å². The van der Waals surface area contributed by atoms with Gasteiger partial charge in [0.1, 0.15) is 0 Å². The average molecular weight is 256 g/mol. The Kier molecular flexibility index (Phi) is 2.80. The molecule has 0 spiro atoms. The second-order valence-corrected chi connectivity index (χ2v) is 6.10. The quantitative estimate of drug-likeness (QED) is 0.599. The van der Waals surface area contributed by atoms with E-state index >= 15 is 0 Å². The zero-order valence-electron chi connectivity index (χ0n) is 9.64. The van der Waals surface area contributed by atoms with Crippen molar-refractivity contribution in [1.82, 2.24) is 0 Å². The molecule has 3 atom stereocenters. The van der Waals surface area contributed by atoms with Crippen molar-refractivity contribution in [2.75, 3.05) is 0 Å². The van der Waals surface area contributed by atoms with E-state index in [-0.39, 0.29) is 16.7 Å². The fourth-order valence-corrected chi connectivity index (χ4v) is 3.39. The van der Waals surface area contributed by atoms with Crippen LogP contribution in [0.3, 0.4) is 0 Å². The van der Waals surface area contributed by atoms with Crippen LogP contribution in [0.5, 0.6) is 0 Å². The molecule has 1 nitrogen and oxygen atoms in total. The molecule has 2 rings (SSSR count). The summed E-state index contributed by atoms with van der Waals surface area (Å²) < 4.78 is 0. The predicted octanol–water partition coefficient (Wildman–Crippen LogP) is 4.40. The maximum Gasteiger partial charge on any atom is 0.0580 e. The van der Waals surface area contributed by atoms with Crippen LogP contribution in [0.25, 0.3) is 0 Å². The number of aryl methyl sites for hydroxylation is 1. The van der Waals surface area contributed by atoms with Gasteiger partial charge in [-0.3, -0.25) is 0 Å². The minimum atomic E-state index is -0.317. The Labute approximate surface area is 106 Å². The van der Waals surface area contributed by atoms with E-state index in [4.69, 9.17) is 28.6 Å². The third-order valence-corrected chi connectivity index (χ3v) is 4.02. The SMILES string of the molecule is CC(=N)C1C(c2cc(C)cc(Cl)c2)C1(C)Cl. The maximum atomic E-state index is 7.74. The van der Waals surface area contributed by atoms with Gasteiger partial charge in [0, 0.05) is 22.6 Å². The van der Waals surface area contributed by atoms with Gasteiger partial charge in [0.05, 0.1) is 4.87 Å². The van der Waals surface area contributed by atoms with Gasteiger partial charge < -0.3 is 5.41 Å². The van der Waals surface area contributed by atoms with Crippen molar-refractivity contribution < 1.29 is 0 Å². The van der Waals surface area contributed by atoms with E-state index in [1.165, 1.54) is 0 Å². The third kappa shape index (κ3) is 1.87. The summed E-state index contributed by atoms with van der Waals surface area (Å²) in [7, 11) is 0. The highest BCUT2D eigenvalue weighted by Gasteiger charge is 2.62. The fraction of sp³-hybridized carbons (Fsp3) is 0.462. The van der Waals surface area contributed by atoms with E-state index in [0.29, 0.717) is 5.71 Å². The van der Waals surface area contributed by atoms with Crippen molar-refractivity contribution in [3.05, 3.63) is 34.3 Å². The molecule has 1 aromatic rings. The highest BCUT2D eigenvalue weighted by Crippen LogP contribution is 2.62. The molecule has 3 unspecified atom stereocenters. The first kappa shape index (κ1) is 11.9. The summed E-state index contributed by atoms with van der Waals surface area (Å²) in [4.78, 5) is -0.317. The zero-order chi connectivity index (χ0) is 12.1. The van der Waals surface area contributed by atoms with Crippen molar-refractivity contribution in [2.45, 2.75) is 31.6 Å². The summed E-state index contributed by atoms with van der Waals surface area (Å²) in [5.74, 6) is 0.371. The number of halogens is 2. The molecule has 0 radical (unpaired) electrons. The van der Waals surface area contributed by atoms with Crippen molar-refractivity contribution in [1.29, 1.82) is 5.41 Å². The molecule has 1 fully saturated rings. The smallest absolute Gasteiger partial charge is 0.0580 e. The molecule has 1 aliphatic rings. The van der Waals surface area contributed by atoms with Gasteiger partial charge in [0.25, 0.3) is 0 Å². The molecule has 0 amide bonds. The van der Waals surface area contributed by atoms with Crippen LogP contribution in [0.2, 0.25) is 5.02 Å². The Bertz CT molecular complexity index is 431. The molecule has 0 aliphatic heterocycles. The molecule has 3 heteroatoms. The molecule has 0 bridgehead atoms. The largest absolute Gasteiger partial charge is 0.310 e. The second-order valence-electron chi connectivity index (χ2n) is 4.85. The summed E-state index contributed by atoms with van der Waals surface area (Å²) in [6, 6.07) is 6.01. The minimum Gasteiger partial charge on any atom is -0.310 e. The third-order valence-electron chi connectivity index (χ3n) is 3.33. The van der Waals surface area contributed by atoms with Crippen LogP contribution in [-0.4, -0.2) is 10.6 Å². The number of benzene rings is 1. The summed E-state index contributed by atoms with van der Waals surface area (Å²) >= 11 is 12.5. The monoisotopic (exact) mass is 255 g/mol. The second kappa shape index (κ2) is 3.75. The Morgan fingerprint density at radius 1 is 1.38 bits per heavy atom. The van der Waals surface area contributed by atoms with Gasteiger partial charge in [0.15, 0.2) is 0 Å². The van der Waals surface area contributed by atoms with Crippen molar-refractivity contribution in [3.8, 4) is 0 Å². The Balaban J connectivity index is 2.37. The van der Waals surface area contributed by atoms with E-state index in [0.717, 1.165) is 16.1 Å². The molecular weight excluding hydrogens is 241 g/mol. The summed E-state index contributed by atoms with van der Waals surface area (Å²) in [5.41, 5.74) is 2.95. The number of alkyl halides is 1. The summed E-state index contributed by atoms with van der Waals surface area (Å²) in [6.07, 6.45) is 0. The van der Waals surface area contributed by atoms with Gasteiger partial charge in [-0.15, -0.1) is 11.6 Å². The first-order chi connectivity index (χ1) is 7.34. The molecule has 1 saturated carbocycles. The standard InChI is InChI=1S/C13H15Cl2N/c1-7-4-9(6-10(14)5-7)12-11(8(2)16)13(12,3)15/h4-6,11-12,16H,1-3H3. The Morgan fingerprint density at radius 2 is 2.00 bits per heavy atom. The molecular formula is C13H15Cl2N. The van der Waals surface area contributed by atoms with E-state index in [1.54, 1.807) is 0 Å². The highest BCUT2D eigenvalue weighted by molar-refractivity contribution is 6.31. The van der Waals surface area contributed by atoms with Gasteiger partial charge in [0.2, 0.25) is 0 Å². The first-order valence-electron chi connectivity index (χ1n) is 5.35. The van der Waals surface area contributed by atoms with Crippen LogP contribution < -0.4 is 0 Å². The molecule has 16 heavy (non-hydrogen) atoms. The molecule has 0 heterocycles. The number of hydrogen-bond donors (Lipinski definition) is 1.